The summed E-state index contributed by atoms with van der Waals surface area (Å²) in [6, 6.07) is 6.55. The van der Waals surface area contributed by atoms with E-state index in [4.69, 9.17) is 12.2 Å². The van der Waals surface area contributed by atoms with Crippen LogP contribution in [0.1, 0.15) is 24.0 Å². The molecular weight excluding hydrogens is 324 g/mol. The van der Waals surface area contributed by atoms with Crippen LogP contribution in [0.25, 0.3) is 5.69 Å². The molecule has 1 amide bonds. The first-order valence-corrected chi connectivity index (χ1v) is 8.55. The molecule has 8 heteroatoms. The number of rotatable bonds is 6. The second kappa shape index (κ2) is 6.82. The Balaban J connectivity index is 1.70. The molecule has 0 spiro atoms. The maximum absolute atomic E-state index is 11.9. The SMILES string of the molecule is Cc1cc(C)cc(-n2nnn(C[NH+](C)CC(=O)NC3CC3)c2=S)c1. The van der Waals surface area contributed by atoms with Crippen molar-refractivity contribution in [3.05, 3.63) is 34.1 Å². The zero-order valence-electron chi connectivity index (χ0n) is 14.2. The molecule has 1 aliphatic rings. The third kappa shape index (κ3) is 4.07. The van der Waals surface area contributed by atoms with Gasteiger partial charge in [0.2, 0.25) is 4.77 Å². The first kappa shape index (κ1) is 16.8. The van der Waals surface area contributed by atoms with Crippen molar-refractivity contribution in [2.45, 2.75) is 39.4 Å². The second-order valence-corrected chi connectivity index (χ2v) is 7.02. The van der Waals surface area contributed by atoms with Gasteiger partial charge in [-0.3, -0.25) is 4.79 Å². The van der Waals surface area contributed by atoms with E-state index in [1.54, 1.807) is 9.36 Å². The Morgan fingerprint density at radius 3 is 2.58 bits per heavy atom. The molecule has 0 radical (unpaired) electrons. The van der Waals surface area contributed by atoms with E-state index >= 15 is 0 Å². The second-order valence-electron chi connectivity index (χ2n) is 6.65. The molecule has 2 aromatic rings. The van der Waals surface area contributed by atoms with Crippen LogP contribution in [-0.4, -0.2) is 45.3 Å². The summed E-state index contributed by atoms with van der Waals surface area (Å²) < 4.78 is 3.85. The number of quaternary nitrogens is 1. The van der Waals surface area contributed by atoms with E-state index in [1.165, 1.54) is 0 Å². The van der Waals surface area contributed by atoms with Crippen LogP contribution in [-0.2, 0) is 11.5 Å². The van der Waals surface area contributed by atoms with Crippen LogP contribution in [0.3, 0.4) is 0 Å². The van der Waals surface area contributed by atoms with Crippen molar-refractivity contribution in [3.8, 4) is 5.69 Å². The molecule has 128 valence electrons. The molecule has 24 heavy (non-hydrogen) atoms. The molecule has 1 fully saturated rings. The maximum Gasteiger partial charge on any atom is 0.275 e. The minimum absolute atomic E-state index is 0.0724. The largest absolute Gasteiger partial charge is 0.348 e. The normalized spacial score (nSPS) is 15.3. The number of likely N-dealkylation sites (N-methyl/N-ethyl adjacent to an activating group) is 1. The first-order chi connectivity index (χ1) is 11.4. The zero-order chi connectivity index (χ0) is 17.3. The summed E-state index contributed by atoms with van der Waals surface area (Å²) in [4.78, 5) is 12.9. The molecule has 0 bridgehead atoms. The Kier molecular flexibility index (Phi) is 4.77. The lowest BCUT2D eigenvalue weighted by Crippen LogP contribution is -3.09. The van der Waals surface area contributed by atoms with Crippen LogP contribution in [0.2, 0.25) is 0 Å². The molecule has 1 unspecified atom stereocenters. The number of carbonyl (C=O) groups excluding carboxylic acids is 1. The van der Waals surface area contributed by atoms with Gasteiger partial charge in [0.05, 0.1) is 12.7 Å². The quantitative estimate of drug-likeness (QED) is 0.731. The Hall–Kier alpha value is -2.06. The molecule has 2 N–H and O–H groups in total. The lowest BCUT2D eigenvalue weighted by atomic mass is 10.1. The van der Waals surface area contributed by atoms with Gasteiger partial charge in [-0.1, -0.05) is 6.07 Å². The fourth-order valence-corrected chi connectivity index (χ4v) is 2.94. The number of amides is 1. The average Bonchev–Trinajstić information content (AvgIpc) is 3.21. The predicted molar refractivity (Wildman–Crippen MR) is 92.6 cm³/mol. The summed E-state index contributed by atoms with van der Waals surface area (Å²) >= 11 is 5.49. The molecule has 3 rings (SSSR count). The fraction of sp³-hybridized carbons (Fsp3) is 0.500. The van der Waals surface area contributed by atoms with Gasteiger partial charge in [0.25, 0.3) is 5.91 Å². The van der Waals surface area contributed by atoms with Crippen molar-refractivity contribution in [2.24, 2.45) is 0 Å². The smallest absolute Gasteiger partial charge is 0.275 e. The molecule has 0 aliphatic heterocycles. The summed E-state index contributed by atoms with van der Waals surface area (Å²) in [6.07, 6.45) is 2.19. The highest BCUT2D eigenvalue weighted by Crippen LogP contribution is 2.18. The van der Waals surface area contributed by atoms with E-state index in [9.17, 15) is 4.79 Å². The summed E-state index contributed by atoms with van der Waals surface area (Å²) in [5, 5.41) is 11.3. The van der Waals surface area contributed by atoms with E-state index in [0.717, 1.165) is 34.6 Å². The highest BCUT2D eigenvalue weighted by atomic mass is 32.1. The maximum atomic E-state index is 11.9. The predicted octanol–water partition coefficient (Wildman–Crippen LogP) is 0.166. The number of benzene rings is 1. The number of hydrogen-bond donors (Lipinski definition) is 2. The number of aromatic nitrogens is 4. The third-order valence-electron chi connectivity index (χ3n) is 3.91. The minimum Gasteiger partial charge on any atom is -0.348 e. The molecule has 1 atom stereocenters. The summed E-state index contributed by atoms with van der Waals surface area (Å²) in [5.41, 5.74) is 3.22. The molecule has 1 aliphatic carbocycles. The van der Waals surface area contributed by atoms with Crippen molar-refractivity contribution in [3.63, 3.8) is 0 Å². The lowest BCUT2D eigenvalue weighted by Gasteiger charge is -2.12. The van der Waals surface area contributed by atoms with Gasteiger partial charge < -0.3 is 10.2 Å². The van der Waals surface area contributed by atoms with Crippen molar-refractivity contribution in [2.75, 3.05) is 13.6 Å². The van der Waals surface area contributed by atoms with Gasteiger partial charge in [0.15, 0.2) is 13.2 Å². The first-order valence-electron chi connectivity index (χ1n) is 8.14. The topological polar surface area (TPSA) is 69.2 Å². The Morgan fingerprint density at radius 2 is 1.96 bits per heavy atom. The average molecular weight is 347 g/mol. The van der Waals surface area contributed by atoms with E-state index in [0.29, 0.717) is 24.0 Å². The Morgan fingerprint density at radius 1 is 1.29 bits per heavy atom. The van der Waals surface area contributed by atoms with Gasteiger partial charge in [-0.15, -0.1) is 0 Å². The van der Waals surface area contributed by atoms with Gasteiger partial charge in [-0.05, 0) is 72.6 Å². The van der Waals surface area contributed by atoms with Crippen LogP contribution in [0, 0.1) is 18.6 Å². The van der Waals surface area contributed by atoms with Gasteiger partial charge in [-0.2, -0.15) is 9.36 Å². The van der Waals surface area contributed by atoms with Crippen LogP contribution < -0.4 is 10.2 Å². The minimum atomic E-state index is 0.0724. The number of tetrazole rings is 1. The van der Waals surface area contributed by atoms with Gasteiger partial charge in [0, 0.05) is 6.04 Å². The highest BCUT2D eigenvalue weighted by Gasteiger charge is 2.24. The van der Waals surface area contributed by atoms with Crippen molar-refractivity contribution < 1.29 is 9.69 Å². The van der Waals surface area contributed by atoms with Gasteiger partial charge in [-0.25, -0.2) is 0 Å². The molecule has 7 nitrogen and oxygen atoms in total. The van der Waals surface area contributed by atoms with E-state index < -0.39 is 0 Å². The zero-order valence-corrected chi connectivity index (χ0v) is 15.1. The van der Waals surface area contributed by atoms with E-state index in [-0.39, 0.29) is 5.91 Å². The van der Waals surface area contributed by atoms with Gasteiger partial charge >= 0.3 is 0 Å². The molecule has 1 heterocycles. The molecule has 1 aromatic carbocycles. The number of nitrogens with one attached hydrogen (secondary N) is 2. The van der Waals surface area contributed by atoms with Crippen LogP contribution in [0.15, 0.2) is 18.2 Å². The monoisotopic (exact) mass is 347 g/mol. The highest BCUT2D eigenvalue weighted by molar-refractivity contribution is 7.71. The van der Waals surface area contributed by atoms with Crippen LogP contribution in [0.5, 0.6) is 0 Å². The van der Waals surface area contributed by atoms with Gasteiger partial charge in [0.1, 0.15) is 0 Å². The van der Waals surface area contributed by atoms with Crippen molar-refractivity contribution >= 4 is 18.1 Å². The number of hydrogen-bond acceptors (Lipinski definition) is 4. The summed E-state index contributed by atoms with van der Waals surface area (Å²) in [7, 11) is 1.95. The Bertz CT molecular complexity index is 787. The fourth-order valence-electron chi connectivity index (χ4n) is 2.70. The van der Waals surface area contributed by atoms with Crippen LogP contribution in [0.4, 0.5) is 0 Å². The molecule has 1 aromatic heterocycles. The number of carbonyl (C=O) groups is 1. The van der Waals surface area contributed by atoms with E-state index in [1.807, 2.05) is 33.0 Å². The molecule has 1 saturated carbocycles. The number of nitrogens with zero attached hydrogens (tertiary/aromatic N) is 4. The van der Waals surface area contributed by atoms with Crippen molar-refractivity contribution in [1.82, 2.24) is 25.1 Å². The molecular formula is C16H23N6OS+. The molecule has 0 saturated heterocycles. The standard InChI is InChI=1S/C16H22N6OS/c1-11-6-12(2)8-14(7-11)22-16(24)21(18-19-22)10-20(3)9-15(23)17-13-4-5-13/h6-8,13H,4-5,9-10H2,1-3H3,(H,17,23)/p+1. The van der Waals surface area contributed by atoms with Crippen LogP contribution >= 0.6 is 12.2 Å². The lowest BCUT2D eigenvalue weighted by molar-refractivity contribution is -0.895. The third-order valence-corrected chi connectivity index (χ3v) is 4.30. The van der Waals surface area contributed by atoms with Crippen molar-refractivity contribution in [1.29, 1.82) is 0 Å². The Labute approximate surface area is 146 Å². The van der Waals surface area contributed by atoms with E-state index in [2.05, 4.69) is 21.8 Å². The summed E-state index contributed by atoms with van der Waals surface area (Å²) in [5.74, 6) is 0.0724. The summed E-state index contributed by atoms with van der Waals surface area (Å²) in [6.45, 7) is 4.98. The number of aryl methyl sites for hydroxylation is 2.